The highest BCUT2D eigenvalue weighted by Crippen LogP contribution is 2.24. The van der Waals surface area contributed by atoms with E-state index in [2.05, 4.69) is 17.9 Å². The molecule has 0 atom stereocenters. The molecule has 0 heterocycles. The average molecular weight is 357 g/mol. The van der Waals surface area contributed by atoms with Crippen LogP contribution in [0.2, 0.25) is 5.02 Å². The van der Waals surface area contributed by atoms with Gasteiger partial charge in [0, 0.05) is 9.92 Å². The number of nitrogens with two attached hydrogens (primary N) is 1. The molecule has 0 aliphatic carbocycles. The molecular weight excluding hydrogens is 328 g/mol. The molecule has 0 saturated carbocycles. The van der Waals surface area contributed by atoms with Crippen LogP contribution in [-0.4, -0.2) is 20.6 Å². The SMILES string of the molecule is CC.CCN.CNC.Sc1cccc(Oc2ccc(Cl)cc2)c1. The minimum absolute atomic E-state index is 0.699. The highest BCUT2D eigenvalue weighted by Gasteiger charge is 1.97. The molecular formula is C18H29ClN2OS. The summed E-state index contributed by atoms with van der Waals surface area (Å²) in [6.07, 6.45) is 0. The first-order chi connectivity index (χ1) is 11.1. The zero-order chi connectivity index (χ0) is 18.1. The average Bonchev–Trinajstić information content (AvgIpc) is 2.53. The molecule has 23 heavy (non-hydrogen) atoms. The van der Waals surface area contributed by atoms with Crippen molar-refractivity contribution in [2.75, 3.05) is 20.6 Å². The van der Waals surface area contributed by atoms with E-state index in [9.17, 15) is 0 Å². The van der Waals surface area contributed by atoms with Crippen LogP contribution in [-0.2, 0) is 0 Å². The normalized spacial score (nSPS) is 8.35. The second kappa shape index (κ2) is 17.2. The summed E-state index contributed by atoms with van der Waals surface area (Å²) in [5.41, 5.74) is 4.85. The molecule has 2 aromatic carbocycles. The van der Waals surface area contributed by atoms with Crippen molar-refractivity contribution < 1.29 is 4.74 Å². The number of rotatable bonds is 2. The lowest BCUT2D eigenvalue weighted by atomic mass is 10.3. The van der Waals surface area contributed by atoms with E-state index >= 15 is 0 Å². The maximum Gasteiger partial charge on any atom is 0.128 e. The summed E-state index contributed by atoms with van der Waals surface area (Å²) in [5.74, 6) is 1.53. The molecule has 3 nitrogen and oxygen atoms in total. The minimum atomic E-state index is 0.699. The number of ether oxygens (including phenoxy) is 1. The van der Waals surface area contributed by atoms with E-state index < -0.39 is 0 Å². The third kappa shape index (κ3) is 14.1. The van der Waals surface area contributed by atoms with Crippen molar-refractivity contribution in [1.82, 2.24) is 5.32 Å². The molecule has 2 aromatic rings. The smallest absolute Gasteiger partial charge is 0.128 e. The molecule has 0 unspecified atom stereocenters. The van der Waals surface area contributed by atoms with Gasteiger partial charge in [0.2, 0.25) is 0 Å². The van der Waals surface area contributed by atoms with Gasteiger partial charge in [-0.2, -0.15) is 0 Å². The fourth-order valence-corrected chi connectivity index (χ4v) is 1.53. The summed E-state index contributed by atoms with van der Waals surface area (Å²) >= 11 is 10.0. The van der Waals surface area contributed by atoms with Crippen molar-refractivity contribution in [3.05, 3.63) is 53.6 Å². The Kier molecular flexibility index (Phi) is 17.9. The monoisotopic (exact) mass is 356 g/mol. The van der Waals surface area contributed by atoms with Gasteiger partial charge in [-0.1, -0.05) is 38.4 Å². The number of halogens is 1. The lowest BCUT2D eigenvalue weighted by Crippen LogP contribution is -1.89. The first kappa shape index (κ1) is 24.1. The predicted octanol–water partition coefficient (Wildman–Crippen LogP) is 5.25. The molecule has 0 bridgehead atoms. The van der Waals surface area contributed by atoms with Crippen molar-refractivity contribution in [1.29, 1.82) is 0 Å². The molecule has 0 amide bonds. The Hall–Kier alpha value is -1.20. The zero-order valence-electron chi connectivity index (χ0n) is 14.6. The maximum absolute atomic E-state index is 5.77. The zero-order valence-corrected chi connectivity index (χ0v) is 16.3. The van der Waals surface area contributed by atoms with Gasteiger partial charge in [-0.05, 0) is 63.1 Å². The molecule has 0 aliphatic rings. The van der Waals surface area contributed by atoms with Crippen molar-refractivity contribution in [3.8, 4) is 11.5 Å². The highest BCUT2D eigenvalue weighted by molar-refractivity contribution is 7.80. The summed E-state index contributed by atoms with van der Waals surface area (Å²) < 4.78 is 5.61. The van der Waals surface area contributed by atoms with Crippen molar-refractivity contribution >= 4 is 24.2 Å². The van der Waals surface area contributed by atoms with E-state index in [1.165, 1.54) is 0 Å². The van der Waals surface area contributed by atoms with Gasteiger partial charge in [0.25, 0.3) is 0 Å². The van der Waals surface area contributed by atoms with Gasteiger partial charge >= 0.3 is 0 Å². The molecule has 3 N–H and O–H groups in total. The highest BCUT2D eigenvalue weighted by atomic mass is 35.5. The van der Waals surface area contributed by atoms with Gasteiger partial charge in [0.05, 0.1) is 0 Å². The molecule has 0 fully saturated rings. The standard InChI is InChI=1S/C12H9ClOS.2C2H7N.C2H6/c13-9-4-6-10(7-5-9)14-11-2-1-3-12(15)8-11;1-3-2;1-2-3;1-2/h1-8,15H;3H,1-2H3;2-3H2,1H3;1-2H3. The van der Waals surface area contributed by atoms with Crippen LogP contribution in [0.5, 0.6) is 11.5 Å². The molecule has 0 spiro atoms. The second-order valence-corrected chi connectivity index (χ2v) is 4.91. The lowest BCUT2D eigenvalue weighted by Gasteiger charge is -2.05. The number of thiol groups is 1. The fourth-order valence-electron chi connectivity index (χ4n) is 1.19. The third-order valence-corrected chi connectivity index (χ3v) is 2.40. The molecule has 2 rings (SSSR count). The van der Waals surface area contributed by atoms with Gasteiger partial charge in [0.15, 0.2) is 0 Å². The molecule has 0 radical (unpaired) electrons. The molecule has 0 saturated heterocycles. The van der Waals surface area contributed by atoms with Crippen LogP contribution < -0.4 is 15.8 Å². The Morgan fingerprint density at radius 3 is 1.96 bits per heavy atom. The summed E-state index contributed by atoms with van der Waals surface area (Å²) in [6, 6.07) is 14.8. The Morgan fingerprint density at radius 2 is 1.52 bits per heavy atom. The Morgan fingerprint density at radius 1 is 1.04 bits per heavy atom. The van der Waals surface area contributed by atoms with Crippen LogP contribution in [0.1, 0.15) is 20.8 Å². The van der Waals surface area contributed by atoms with Gasteiger partial charge in [-0.15, -0.1) is 12.6 Å². The van der Waals surface area contributed by atoms with Gasteiger partial charge in [-0.25, -0.2) is 0 Å². The van der Waals surface area contributed by atoms with Gasteiger partial charge in [0.1, 0.15) is 11.5 Å². The molecule has 130 valence electrons. The van der Waals surface area contributed by atoms with E-state index in [0.29, 0.717) is 5.02 Å². The van der Waals surface area contributed by atoms with E-state index in [-0.39, 0.29) is 0 Å². The van der Waals surface area contributed by atoms with Crippen LogP contribution in [0.4, 0.5) is 0 Å². The van der Waals surface area contributed by atoms with Crippen LogP contribution in [0.25, 0.3) is 0 Å². The molecule has 0 aromatic heterocycles. The Balaban J connectivity index is 0. The van der Waals surface area contributed by atoms with Crippen molar-refractivity contribution in [2.24, 2.45) is 5.73 Å². The van der Waals surface area contributed by atoms with Crippen molar-refractivity contribution in [3.63, 3.8) is 0 Å². The van der Waals surface area contributed by atoms with E-state index in [1.54, 1.807) is 12.1 Å². The maximum atomic E-state index is 5.77. The first-order valence-electron chi connectivity index (χ1n) is 7.58. The second-order valence-electron chi connectivity index (χ2n) is 3.96. The van der Waals surface area contributed by atoms with Crippen LogP contribution in [0.3, 0.4) is 0 Å². The fraction of sp³-hybridized carbons (Fsp3) is 0.333. The molecule has 5 heteroatoms. The van der Waals surface area contributed by atoms with E-state index in [0.717, 1.165) is 22.9 Å². The van der Waals surface area contributed by atoms with Crippen LogP contribution in [0.15, 0.2) is 53.4 Å². The van der Waals surface area contributed by atoms with Crippen LogP contribution in [0, 0.1) is 0 Å². The summed E-state index contributed by atoms with van der Waals surface area (Å²) in [4.78, 5) is 0.876. The van der Waals surface area contributed by atoms with E-state index in [1.807, 2.05) is 71.3 Å². The predicted molar refractivity (Wildman–Crippen MR) is 106 cm³/mol. The number of nitrogens with one attached hydrogen (secondary N) is 1. The third-order valence-electron chi connectivity index (χ3n) is 1.87. The Bertz CT molecular complexity index is 491. The van der Waals surface area contributed by atoms with E-state index in [4.69, 9.17) is 22.1 Å². The number of benzene rings is 2. The quantitative estimate of drug-likeness (QED) is 0.644. The summed E-state index contributed by atoms with van der Waals surface area (Å²) in [6.45, 7) is 6.65. The first-order valence-corrected chi connectivity index (χ1v) is 8.40. The topological polar surface area (TPSA) is 47.3 Å². The van der Waals surface area contributed by atoms with Gasteiger partial charge in [-0.3, -0.25) is 0 Å². The lowest BCUT2D eigenvalue weighted by molar-refractivity contribution is 0.481. The summed E-state index contributed by atoms with van der Waals surface area (Å²) in [5, 5.41) is 3.45. The minimum Gasteiger partial charge on any atom is -0.457 e. The largest absolute Gasteiger partial charge is 0.457 e. The van der Waals surface area contributed by atoms with Crippen molar-refractivity contribution in [2.45, 2.75) is 25.7 Å². The Labute approximate surface area is 151 Å². The number of hydrogen-bond acceptors (Lipinski definition) is 4. The number of hydrogen-bond donors (Lipinski definition) is 3. The van der Waals surface area contributed by atoms with Crippen LogP contribution >= 0.6 is 24.2 Å². The molecule has 0 aliphatic heterocycles. The van der Waals surface area contributed by atoms with Gasteiger partial charge < -0.3 is 15.8 Å². The summed E-state index contributed by atoms with van der Waals surface area (Å²) in [7, 11) is 3.75.